The van der Waals surface area contributed by atoms with E-state index in [1.807, 2.05) is 6.92 Å². The van der Waals surface area contributed by atoms with Crippen LogP contribution in [-0.4, -0.2) is 0 Å². The molecule has 0 saturated carbocycles. The van der Waals surface area contributed by atoms with E-state index in [1.54, 1.807) is 23.5 Å². The molecule has 0 aliphatic rings. The van der Waals surface area contributed by atoms with Gasteiger partial charge in [0.1, 0.15) is 5.82 Å². The molecule has 4 heteroatoms. The molecule has 1 aromatic carbocycles. The van der Waals surface area contributed by atoms with Crippen LogP contribution in [0.5, 0.6) is 0 Å². The zero-order valence-corrected chi connectivity index (χ0v) is 11.2. The smallest absolute Gasteiger partial charge is 0.147 e. The number of aryl methyl sites for hydroxylation is 1. The lowest BCUT2D eigenvalue weighted by Gasteiger charge is -2.14. The summed E-state index contributed by atoms with van der Waals surface area (Å²) >= 11 is 7.42. The van der Waals surface area contributed by atoms with E-state index >= 15 is 0 Å². The van der Waals surface area contributed by atoms with Gasteiger partial charge in [-0.15, -0.1) is 11.3 Å². The van der Waals surface area contributed by atoms with Crippen LogP contribution in [-0.2, 0) is 0 Å². The van der Waals surface area contributed by atoms with Crippen LogP contribution in [0.15, 0.2) is 30.3 Å². The Morgan fingerprint density at radius 3 is 2.65 bits per heavy atom. The molecule has 1 atom stereocenters. The molecule has 0 aliphatic heterocycles. The molecule has 1 nitrogen and oxygen atoms in total. The fraction of sp³-hybridized carbons (Fsp3) is 0.231. The van der Waals surface area contributed by atoms with Gasteiger partial charge in [0.15, 0.2) is 0 Å². The van der Waals surface area contributed by atoms with Crippen molar-refractivity contribution >= 4 is 28.6 Å². The summed E-state index contributed by atoms with van der Waals surface area (Å²) in [6, 6.07) is 8.87. The highest BCUT2D eigenvalue weighted by molar-refractivity contribution is 7.12. The zero-order chi connectivity index (χ0) is 12.4. The average Bonchev–Trinajstić information content (AvgIpc) is 2.69. The topological polar surface area (TPSA) is 12.0 Å². The second-order valence-corrected chi connectivity index (χ2v) is 5.69. The van der Waals surface area contributed by atoms with Crippen molar-refractivity contribution in [3.05, 3.63) is 50.9 Å². The van der Waals surface area contributed by atoms with Crippen LogP contribution in [0.3, 0.4) is 0 Å². The van der Waals surface area contributed by atoms with Gasteiger partial charge in [0.2, 0.25) is 0 Å². The number of hydrogen-bond acceptors (Lipinski definition) is 2. The third-order valence-corrected chi connectivity index (χ3v) is 3.91. The van der Waals surface area contributed by atoms with E-state index in [-0.39, 0.29) is 11.9 Å². The van der Waals surface area contributed by atoms with Crippen molar-refractivity contribution in [2.45, 2.75) is 19.9 Å². The molecule has 0 radical (unpaired) electrons. The summed E-state index contributed by atoms with van der Waals surface area (Å²) in [6.45, 7) is 4.07. The highest BCUT2D eigenvalue weighted by Crippen LogP contribution is 2.27. The third kappa shape index (κ3) is 2.99. The Morgan fingerprint density at radius 1 is 1.29 bits per heavy atom. The monoisotopic (exact) mass is 269 g/mol. The number of halogens is 2. The van der Waals surface area contributed by atoms with Crippen LogP contribution >= 0.6 is 22.9 Å². The highest BCUT2D eigenvalue weighted by atomic mass is 35.5. The van der Waals surface area contributed by atoms with Crippen molar-refractivity contribution in [2.24, 2.45) is 0 Å². The van der Waals surface area contributed by atoms with Crippen molar-refractivity contribution in [1.29, 1.82) is 0 Å². The van der Waals surface area contributed by atoms with Crippen molar-refractivity contribution < 1.29 is 4.39 Å². The molecule has 2 rings (SSSR count). The minimum atomic E-state index is -0.322. The second-order valence-electron chi connectivity index (χ2n) is 3.94. The Hall–Kier alpha value is -1.06. The van der Waals surface area contributed by atoms with Crippen LogP contribution in [0.1, 0.15) is 22.7 Å². The SMILES string of the molecule is Cc1ccc(C(C)Nc2ccc(Cl)cc2F)s1. The Bertz CT molecular complexity index is 524. The van der Waals surface area contributed by atoms with E-state index in [0.717, 1.165) is 0 Å². The van der Waals surface area contributed by atoms with Crippen molar-refractivity contribution in [3.63, 3.8) is 0 Å². The Labute approximate surface area is 109 Å². The van der Waals surface area contributed by atoms with Crippen LogP contribution in [0.25, 0.3) is 0 Å². The normalized spacial score (nSPS) is 12.5. The second kappa shape index (κ2) is 5.07. The van der Waals surface area contributed by atoms with Gasteiger partial charge in [0.05, 0.1) is 11.7 Å². The first kappa shape index (κ1) is 12.4. The number of rotatable bonds is 3. The summed E-state index contributed by atoms with van der Waals surface area (Å²) < 4.78 is 13.6. The Balaban J connectivity index is 2.15. The lowest BCUT2D eigenvalue weighted by molar-refractivity contribution is 0.628. The van der Waals surface area contributed by atoms with Crippen LogP contribution in [0, 0.1) is 12.7 Å². The van der Waals surface area contributed by atoms with Crippen LogP contribution in [0.2, 0.25) is 5.02 Å². The molecule has 0 amide bonds. The molecular formula is C13H13ClFNS. The van der Waals surface area contributed by atoms with E-state index in [2.05, 4.69) is 24.4 Å². The quantitative estimate of drug-likeness (QED) is 0.825. The predicted octanol–water partition coefficient (Wildman–Crippen LogP) is 5.02. The molecule has 17 heavy (non-hydrogen) atoms. The van der Waals surface area contributed by atoms with E-state index in [0.29, 0.717) is 10.7 Å². The summed E-state index contributed by atoms with van der Waals surface area (Å²) in [6.07, 6.45) is 0. The zero-order valence-electron chi connectivity index (χ0n) is 9.63. The maximum atomic E-state index is 13.6. The van der Waals surface area contributed by atoms with Gasteiger partial charge < -0.3 is 5.32 Å². The molecule has 0 spiro atoms. The lowest BCUT2D eigenvalue weighted by atomic mass is 10.2. The van der Waals surface area contributed by atoms with Crippen molar-refractivity contribution in [3.8, 4) is 0 Å². The van der Waals surface area contributed by atoms with Gasteiger partial charge in [0, 0.05) is 14.8 Å². The molecule has 2 aromatic rings. The van der Waals surface area contributed by atoms with E-state index < -0.39 is 0 Å². The Kier molecular flexibility index (Phi) is 3.69. The number of hydrogen-bond donors (Lipinski definition) is 1. The first-order chi connectivity index (χ1) is 8.06. The van der Waals surface area contributed by atoms with E-state index in [4.69, 9.17) is 11.6 Å². The van der Waals surface area contributed by atoms with Gasteiger partial charge in [0.25, 0.3) is 0 Å². The largest absolute Gasteiger partial charge is 0.375 e. The number of benzene rings is 1. The molecule has 1 heterocycles. The van der Waals surface area contributed by atoms with Gasteiger partial charge >= 0.3 is 0 Å². The highest BCUT2D eigenvalue weighted by Gasteiger charge is 2.10. The van der Waals surface area contributed by atoms with Gasteiger partial charge in [-0.3, -0.25) is 0 Å². The molecule has 0 saturated heterocycles. The molecular weight excluding hydrogens is 257 g/mol. The summed E-state index contributed by atoms with van der Waals surface area (Å²) in [4.78, 5) is 2.45. The molecule has 0 aliphatic carbocycles. The lowest BCUT2D eigenvalue weighted by Crippen LogP contribution is -2.06. The number of nitrogens with one attached hydrogen (secondary N) is 1. The summed E-state index contributed by atoms with van der Waals surface area (Å²) in [5.41, 5.74) is 0.480. The molecule has 1 aromatic heterocycles. The standard InChI is InChI=1S/C13H13ClFNS/c1-8-3-6-13(17-8)9(2)16-12-5-4-10(14)7-11(12)15/h3-7,9,16H,1-2H3. The van der Waals surface area contributed by atoms with E-state index in [9.17, 15) is 4.39 Å². The van der Waals surface area contributed by atoms with Gasteiger partial charge in [-0.2, -0.15) is 0 Å². The number of thiophene rings is 1. The fourth-order valence-electron chi connectivity index (χ4n) is 1.60. The molecule has 0 fully saturated rings. The van der Waals surface area contributed by atoms with Crippen molar-refractivity contribution in [1.82, 2.24) is 0 Å². The van der Waals surface area contributed by atoms with Gasteiger partial charge in [-0.1, -0.05) is 11.6 Å². The summed E-state index contributed by atoms with van der Waals surface area (Å²) in [7, 11) is 0. The maximum absolute atomic E-state index is 13.6. The number of anilines is 1. The first-order valence-electron chi connectivity index (χ1n) is 5.34. The summed E-state index contributed by atoms with van der Waals surface area (Å²) in [5, 5.41) is 3.55. The van der Waals surface area contributed by atoms with Gasteiger partial charge in [-0.05, 0) is 44.2 Å². The average molecular weight is 270 g/mol. The molecule has 0 bridgehead atoms. The summed E-state index contributed by atoms with van der Waals surface area (Å²) in [5.74, 6) is -0.322. The van der Waals surface area contributed by atoms with Crippen LogP contribution in [0.4, 0.5) is 10.1 Å². The molecule has 90 valence electrons. The fourth-order valence-corrected chi connectivity index (χ4v) is 2.64. The minimum absolute atomic E-state index is 0.0874. The van der Waals surface area contributed by atoms with Crippen LogP contribution < -0.4 is 5.32 Å². The molecule has 1 N–H and O–H groups in total. The molecule has 1 unspecified atom stereocenters. The Morgan fingerprint density at radius 2 is 2.06 bits per heavy atom. The maximum Gasteiger partial charge on any atom is 0.147 e. The van der Waals surface area contributed by atoms with Crippen molar-refractivity contribution in [2.75, 3.05) is 5.32 Å². The van der Waals surface area contributed by atoms with Gasteiger partial charge in [-0.25, -0.2) is 4.39 Å². The first-order valence-corrected chi connectivity index (χ1v) is 6.53. The minimum Gasteiger partial charge on any atom is -0.375 e. The van der Waals surface area contributed by atoms with E-state index in [1.165, 1.54) is 15.8 Å². The predicted molar refractivity (Wildman–Crippen MR) is 72.5 cm³/mol. The third-order valence-electron chi connectivity index (χ3n) is 2.49.